The predicted molar refractivity (Wildman–Crippen MR) is 113 cm³/mol. The highest BCUT2D eigenvalue weighted by molar-refractivity contribution is 6.05. The van der Waals surface area contributed by atoms with Crippen molar-refractivity contribution in [2.45, 2.75) is 45.1 Å². The molecule has 1 fully saturated rings. The molecule has 154 valence electrons. The molecule has 7 nitrogen and oxygen atoms in total. The van der Waals surface area contributed by atoms with Crippen molar-refractivity contribution in [3.63, 3.8) is 0 Å². The average Bonchev–Trinajstić information content (AvgIpc) is 3.43. The number of hydrazone groups is 1. The number of carbonyl (C=O) groups is 1. The van der Waals surface area contributed by atoms with Crippen LogP contribution in [0.3, 0.4) is 0 Å². The standard InChI is InChI=1S/C23H24N4O3/c1-14-17(13-24)8-10-22(25-14)27-20(15-5-3-4-6-15)12-19(26-27)16-7-9-21(30-2)18(11-16)23(28)29/h7-11,15,20H,3-6,12H2,1-2H3,(H,28,29). The van der Waals surface area contributed by atoms with Crippen LogP contribution in [0.4, 0.5) is 5.82 Å². The van der Waals surface area contributed by atoms with E-state index in [0.29, 0.717) is 22.9 Å². The Kier molecular flexibility index (Phi) is 5.40. The van der Waals surface area contributed by atoms with Gasteiger partial charge in [-0.05, 0) is 61.6 Å². The fourth-order valence-electron chi connectivity index (χ4n) is 4.48. The molecule has 1 atom stereocenters. The molecule has 0 bridgehead atoms. The Morgan fingerprint density at radius 3 is 2.67 bits per heavy atom. The number of aromatic nitrogens is 1. The summed E-state index contributed by atoms with van der Waals surface area (Å²) in [6.45, 7) is 1.83. The maximum absolute atomic E-state index is 11.6. The Labute approximate surface area is 175 Å². The van der Waals surface area contributed by atoms with Crippen molar-refractivity contribution < 1.29 is 14.6 Å². The number of carboxylic acid groups (broad SMARTS) is 1. The molecule has 7 heteroatoms. The first-order chi connectivity index (χ1) is 14.5. The minimum Gasteiger partial charge on any atom is -0.496 e. The van der Waals surface area contributed by atoms with Gasteiger partial charge in [0, 0.05) is 6.42 Å². The van der Waals surface area contributed by atoms with E-state index in [0.717, 1.165) is 36.4 Å². The number of hydrogen-bond acceptors (Lipinski definition) is 6. The number of anilines is 1. The van der Waals surface area contributed by atoms with Crippen molar-refractivity contribution in [3.8, 4) is 11.8 Å². The smallest absolute Gasteiger partial charge is 0.339 e. The molecule has 2 aliphatic rings. The number of rotatable bonds is 5. The lowest BCUT2D eigenvalue weighted by Crippen LogP contribution is -2.33. The summed E-state index contributed by atoms with van der Waals surface area (Å²) in [5, 5.41) is 25.6. The van der Waals surface area contributed by atoms with Gasteiger partial charge in [-0.25, -0.2) is 14.8 Å². The zero-order valence-corrected chi connectivity index (χ0v) is 17.1. The van der Waals surface area contributed by atoms with Crippen molar-refractivity contribution in [2.24, 2.45) is 11.0 Å². The number of hydrogen-bond donors (Lipinski definition) is 1. The number of methoxy groups -OCH3 is 1. The van der Waals surface area contributed by atoms with Crippen molar-refractivity contribution >= 4 is 17.5 Å². The van der Waals surface area contributed by atoms with E-state index < -0.39 is 5.97 Å². The number of nitriles is 1. The van der Waals surface area contributed by atoms with E-state index >= 15 is 0 Å². The summed E-state index contributed by atoms with van der Waals surface area (Å²) in [6.07, 6.45) is 5.48. The first-order valence-corrected chi connectivity index (χ1v) is 10.2. The van der Waals surface area contributed by atoms with Gasteiger partial charge in [-0.1, -0.05) is 12.8 Å². The van der Waals surface area contributed by atoms with Crippen molar-refractivity contribution in [1.29, 1.82) is 5.26 Å². The molecule has 1 aliphatic carbocycles. The maximum atomic E-state index is 11.6. The molecule has 1 aromatic carbocycles. The van der Waals surface area contributed by atoms with Gasteiger partial charge in [-0.3, -0.25) is 0 Å². The van der Waals surface area contributed by atoms with Crippen LogP contribution < -0.4 is 9.75 Å². The quantitative estimate of drug-likeness (QED) is 0.804. The Morgan fingerprint density at radius 2 is 2.03 bits per heavy atom. The summed E-state index contributed by atoms with van der Waals surface area (Å²) < 4.78 is 5.18. The molecule has 30 heavy (non-hydrogen) atoms. The molecular formula is C23H24N4O3. The van der Waals surface area contributed by atoms with Gasteiger partial charge >= 0.3 is 5.97 Å². The van der Waals surface area contributed by atoms with Crippen molar-refractivity contribution in [2.75, 3.05) is 12.1 Å². The largest absolute Gasteiger partial charge is 0.496 e. The zero-order valence-electron chi connectivity index (χ0n) is 17.1. The summed E-state index contributed by atoms with van der Waals surface area (Å²) in [5.41, 5.74) is 2.99. The Bertz CT molecular complexity index is 1050. The minimum atomic E-state index is -1.03. The van der Waals surface area contributed by atoms with Crippen LogP contribution in [0.5, 0.6) is 5.75 Å². The first-order valence-electron chi connectivity index (χ1n) is 10.2. The Balaban J connectivity index is 1.73. The van der Waals surface area contributed by atoms with Gasteiger partial charge in [-0.2, -0.15) is 10.4 Å². The number of nitrogens with zero attached hydrogens (tertiary/aromatic N) is 4. The molecule has 1 saturated carbocycles. The molecular weight excluding hydrogens is 380 g/mol. The predicted octanol–water partition coefficient (Wildman–Crippen LogP) is 4.14. The molecule has 0 radical (unpaired) electrons. The third kappa shape index (κ3) is 3.61. The summed E-state index contributed by atoms with van der Waals surface area (Å²) in [7, 11) is 1.46. The van der Waals surface area contributed by atoms with Gasteiger partial charge in [0.05, 0.1) is 30.1 Å². The number of ether oxygens (including phenoxy) is 1. The second kappa shape index (κ2) is 8.15. The maximum Gasteiger partial charge on any atom is 0.339 e. The normalized spacial score (nSPS) is 18.9. The van der Waals surface area contributed by atoms with Crippen LogP contribution in [0, 0.1) is 24.2 Å². The second-order valence-electron chi connectivity index (χ2n) is 7.84. The third-order valence-corrected chi connectivity index (χ3v) is 6.08. The van der Waals surface area contributed by atoms with E-state index in [-0.39, 0.29) is 11.6 Å². The highest BCUT2D eigenvalue weighted by Gasteiger charge is 2.37. The molecule has 1 aliphatic heterocycles. The molecule has 1 unspecified atom stereocenters. The summed E-state index contributed by atoms with van der Waals surface area (Å²) in [4.78, 5) is 16.3. The molecule has 0 saturated heterocycles. The van der Waals surface area contributed by atoms with Crippen LogP contribution in [0.15, 0.2) is 35.4 Å². The van der Waals surface area contributed by atoms with E-state index in [1.165, 1.54) is 20.0 Å². The van der Waals surface area contributed by atoms with Gasteiger partial charge in [0.15, 0.2) is 0 Å². The molecule has 2 aromatic rings. The monoisotopic (exact) mass is 404 g/mol. The zero-order chi connectivity index (χ0) is 21.3. The van der Waals surface area contributed by atoms with E-state index in [9.17, 15) is 15.2 Å². The molecule has 0 amide bonds. The van der Waals surface area contributed by atoms with Gasteiger partial charge in [0.1, 0.15) is 23.2 Å². The van der Waals surface area contributed by atoms with E-state index in [4.69, 9.17) is 9.84 Å². The van der Waals surface area contributed by atoms with E-state index in [1.807, 2.05) is 24.1 Å². The second-order valence-corrected chi connectivity index (χ2v) is 7.84. The van der Waals surface area contributed by atoms with E-state index in [2.05, 4.69) is 11.1 Å². The fraction of sp³-hybridized carbons (Fsp3) is 0.391. The van der Waals surface area contributed by atoms with Crippen molar-refractivity contribution in [3.05, 3.63) is 52.7 Å². The van der Waals surface area contributed by atoms with Gasteiger partial charge in [0.2, 0.25) is 0 Å². The lowest BCUT2D eigenvalue weighted by atomic mass is 9.92. The summed E-state index contributed by atoms with van der Waals surface area (Å²) >= 11 is 0. The Hall–Kier alpha value is -3.40. The molecule has 1 N–H and O–H groups in total. The molecule has 4 rings (SSSR count). The number of pyridine rings is 1. The fourth-order valence-corrected chi connectivity index (χ4v) is 4.48. The van der Waals surface area contributed by atoms with Crippen LogP contribution in [0.1, 0.15) is 59.3 Å². The van der Waals surface area contributed by atoms with Crippen LogP contribution in [-0.2, 0) is 0 Å². The van der Waals surface area contributed by atoms with Crippen molar-refractivity contribution in [1.82, 2.24) is 4.98 Å². The van der Waals surface area contributed by atoms with Crippen LogP contribution in [-0.4, -0.2) is 34.9 Å². The number of benzene rings is 1. The van der Waals surface area contributed by atoms with Gasteiger partial charge in [0.25, 0.3) is 0 Å². The SMILES string of the molecule is COc1ccc(C2=NN(c3ccc(C#N)c(C)n3)C(C3CCCC3)C2)cc1C(=O)O. The van der Waals surface area contributed by atoms with E-state index in [1.54, 1.807) is 18.2 Å². The van der Waals surface area contributed by atoms with Gasteiger partial charge in [-0.15, -0.1) is 0 Å². The lowest BCUT2D eigenvalue weighted by molar-refractivity contribution is 0.0693. The topological polar surface area (TPSA) is 98.8 Å². The molecule has 2 heterocycles. The van der Waals surface area contributed by atoms with Crippen LogP contribution >= 0.6 is 0 Å². The lowest BCUT2D eigenvalue weighted by Gasteiger charge is -2.27. The minimum absolute atomic E-state index is 0.126. The van der Waals surface area contributed by atoms with Gasteiger partial charge < -0.3 is 9.84 Å². The molecule has 1 aromatic heterocycles. The third-order valence-electron chi connectivity index (χ3n) is 6.08. The highest BCUT2D eigenvalue weighted by Crippen LogP contribution is 2.38. The summed E-state index contributed by atoms with van der Waals surface area (Å²) in [5.74, 6) is 0.547. The van der Waals surface area contributed by atoms with Crippen LogP contribution in [0.25, 0.3) is 0 Å². The summed E-state index contributed by atoms with van der Waals surface area (Å²) in [6, 6.07) is 11.1. The Morgan fingerprint density at radius 1 is 1.27 bits per heavy atom. The average molecular weight is 404 g/mol. The first kappa shape index (κ1) is 19.9. The molecule has 0 spiro atoms. The highest BCUT2D eigenvalue weighted by atomic mass is 16.5. The number of aromatic carboxylic acids is 1. The number of aryl methyl sites for hydroxylation is 1. The van der Waals surface area contributed by atoms with Crippen LogP contribution in [0.2, 0.25) is 0 Å². The number of carboxylic acids is 1.